The summed E-state index contributed by atoms with van der Waals surface area (Å²) in [5.74, 6) is -4.15. The van der Waals surface area contributed by atoms with Gasteiger partial charge in [0, 0.05) is 58.3 Å². The fraction of sp³-hybridized carbons (Fsp3) is 0.571. The van der Waals surface area contributed by atoms with Gasteiger partial charge in [-0.3, -0.25) is 33.7 Å². The number of imide groups is 1. The molecule has 2 unspecified atom stereocenters. The van der Waals surface area contributed by atoms with Gasteiger partial charge in [0.1, 0.15) is 30.7 Å². The highest BCUT2D eigenvalue weighted by Gasteiger charge is 2.48. The summed E-state index contributed by atoms with van der Waals surface area (Å²) in [7, 11) is 3.14. The average molecular weight is 796 g/mol. The molecule has 0 aromatic heterocycles. The number of carboxylic acids is 1. The summed E-state index contributed by atoms with van der Waals surface area (Å²) in [6.45, 7) is 0.375. The number of amides is 5. The second kappa shape index (κ2) is 23.1. The largest absolute Gasteiger partial charge is 0.479 e. The lowest BCUT2D eigenvalue weighted by Crippen LogP contribution is -2.61. The summed E-state index contributed by atoms with van der Waals surface area (Å²) in [6, 6.07) is 2.47. The van der Waals surface area contributed by atoms with E-state index >= 15 is 0 Å². The van der Waals surface area contributed by atoms with Gasteiger partial charge < -0.3 is 66.0 Å². The van der Waals surface area contributed by atoms with Crippen LogP contribution in [0.3, 0.4) is 0 Å². The quantitative estimate of drug-likeness (QED) is 0.0284. The van der Waals surface area contributed by atoms with E-state index in [4.69, 9.17) is 20.3 Å². The molecule has 1 aromatic carbocycles. The number of aliphatic hydroxyl groups excluding tert-OH is 3. The van der Waals surface area contributed by atoms with Gasteiger partial charge in [-0.15, -0.1) is 0 Å². The molecule has 0 saturated carbocycles. The molecule has 2 heterocycles. The molecule has 5 amide bonds. The van der Waals surface area contributed by atoms with Crippen molar-refractivity contribution in [3.63, 3.8) is 0 Å². The van der Waals surface area contributed by atoms with Crippen LogP contribution in [0, 0.1) is 0 Å². The Bertz CT molecular complexity index is 1600. The Morgan fingerprint density at radius 1 is 0.982 bits per heavy atom. The molecule has 56 heavy (non-hydrogen) atoms. The number of hydrogen-bond acceptors (Lipinski definition) is 16. The first-order valence-corrected chi connectivity index (χ1v) is 17.8. The number of nitrogens with one attached hydrogen (secondary N) is 5. The van der Waals surface area contributed by atoms with Crippen molar-refractivity contribution in [1.29, 1.82) is 0 Å². The summed E-state index contributed by atoms with van der Waals surface area (Å²) < 4.78 is 27.4. The fourth-order valence-electron chi connectivity index (χ4n) is 5.74. The first-order chi connectivity index (χ1) is 27.2. The molecule has 1 aromatic rings. The standard InChI is InChI=1S/C35H50N6O15/c1-36-16-21(41-27(45)8-9-28(41)46)17-39-22(5-3-4-12-37-25(43)11-14-53-2)33(50)38-13-10-26(44)40-23-15-20(18-54-19-42)6-7-24(23)55-35-31(49)29(47)30(48)32(56-35)34(51)52/h6-9,15,19,21-22,29-32,35-36,39,47-49H,3-5,10-14,16-18H2,1-2H3,(H,37,43)(H,38,50)(H,40,44)(H,51,52)/t21?,22?,29-,30-,31+,32-,35+/m0/s1/i19D. The molecule has 0 aliphatic carbocycles. The number of carbonyl (C=O) groups is 7. The fourth-order valence-corrected chi connectivity index (χ4v) is 5.74. The summed E-state index contributed by atoms with van der Waals surface area (Å²) in [4.78, 5) is 86.9. The first-order valence-electron chi connectivity index (χ1n) is 18.3. The zero-order chi connectivity index (χ0) is 42.1. The Hall–Kier alpha value is -5.03. The third kappa shape index (κ3) is 13.6. The molecule has 21 heteroatoms. The Morgan fingerprint density at radius 2 is 1.71 bits per heavy atom. The lowest BCUT2D eigenvalue weighted by Gasteiger charge is -2.38. The topological polar surface area (TPSA) is 301 Å². The summed E-state index contributed by atoms with van der Waals surface area (Å²) in [6.07, 6.45) is -7.43. The molecule has 310 valence electrons. The number of carbonyl (C=O) groups excluding carboxylic acids is 6. The van der Waals surface area contributed by atoms with E-state index < -0.39 is 78.8 Å². The van der Waals surface area contributed by atoms with E-state index in [1.54, 1.807) is 7.05 Å². The number of hydrogen-bond donors (Lipinski definition) is 9. The van der Waals surface area contributed by atoms with Crippen LogP contribution in [0.2, 0.25) is 0 Å². The highest BCUT2D eigenvalue weighted by molar-refractivity contribution is 6.13. The molecule has 0 bridgehead atoms. The van der Waals surface area contributed by atoms with E-state index in [0.29, 0.717) is 25.8 Å². The molecule has 3 rings (SSSR count). The van der Waals surface area contributed by atoms with Crippen LogP contribution in [0.4, 0.5) is 5.69 Å². The number of unbranched alkanes of at least 4 members (excludes halogenated alkanes) is 1. The molecular weight excluding hydrogens is 744 g/mol. The van der Waals surface area contributed by atoms with Crippen molar-refractivity contribution in [2.45, 2.75) is 81.5 Å². The first kappa shape index (κ1) is 43.7. The molecule has 9 N–H and O–H groups in total. The molecule has 2 aliphatic heterocycles. The minimum atomic E-state index is -1.98. The smallest absolute Gasteiger partial charge is 0.335 e. The van der Waals surface area contributed by atoms with Crippen molar-refractivity contribution in [3.05, 3.63) is 35.9 Å². The Balaban J connectivity index is 1.67. The number of ether oxygens (including phenoxy) is 4. The third-order valence-electron chi connectivity index (χ3n) is 8.66. The predicted octanol–water partition coefficient (Wildman–Crippen LogP) is -3.13. The van der Waals surface area contributed by atoms with E-state index in [2.05, 4.69) is 26.6 Å². The Morgan fingerprint density at radius 3 is 2.38 bits per heavy atom. The van der Waals surface area contributed by atoms with Crippen LogP contribution in [0.25, 0.3) is 0 Å². The number of nitrogens with zero attached hydrogens (tertiary/aromatic N) is 1. The molecule has 7 atom stereocenters. The van der Waals surface area contributed by atoms with Crippen molar-refractivity contribution in [1.82, 2.24) is 26.2 Å². The monoisotopic (exact) mass is 795 g/mol. The predicted molar refractivity (Wildman–Crippen MR) is 192 cm³/mol. The van der Waals surface area contributed by atoms with Gasteiger partial charge in [-0.25, -0.2) is 4.79 Å². The number of likely N-dealkylation sites (N-methyl/N-ethyl adjacent to an activating group) is 1. The van der Waals surface area contributed by atoms with Crippen LogP contribution in [-0.2, 0) is 54.4 Å². The van der Waals surface area contributed by atoms with E-state index in [1.807, 2.05) is 0 Å². The number of methoxy groups -OCH3 is 1. The van der Waals surface area contributed by atoms with Gasteiger partial charge in [0.25, 0.3) is 18.3 Å². The molecule has 0 radical (unpaired) electrons. The number of rotatable bonds is 24. The van der Waals surface area contributed by atoms with E-state index in [-0.39, 0.29) is 68.6 Å². The van der Waals surface area contributed by atoms with E-state index in [1.165, 1.54) is 25.3 Å². The molecule has 1 saturated heterocycles. The van der Waals surface area contributed by atoms with Crippen LogP contribution >= 0.6 is 0 Å². The van der Waals surface area contributed by atoms with Gasteiger partial charge in [0.2, 0.25) is 24.0 Å². The van der Waals surface area contributed by atoms with Crippen LogP contribution in [0.15, 0.2) is 30.4 Å². The van der Waals surface area contributed by atoms with Gasteiger partial charge in [-0.2, -0.15) is 0 Å². The lowest BCUT2D eigenvalue weighted by atomic mass is 9.99. The molecule has 2 aliphatic rings. The van der Waals surface area contributed by atoms with Gasteiger partial charge in [-0.05, 0) is 44.0 Å². The molecule has 1 fully saturated rings. The van der Waals surface area contributed by atoms with E-state index in [9.17, 15) is 54.0 Å². The normalized spacial score (nSPS) is 21.8. The molecule has 21 nitrogen and oxygen atoms in total. The van der Waals surface area contributed by atoms with Gasteiger partial charge in [0.15, 0.2) is 7.47 Å². The number of benzene rings is 1. The van der Waals surface area contributed by atoms with Gasteiger partial charge >= 0.3 is 5.97 Å². The van der Waals surface area contributed by atoms with Crippen LogP contribution in [0.1, 0.15) is 39.0 Å². The number of aliphatic hydroxyl groups is 3. The van der Waals surface area contributed by atoms with Crippen molar-refractivity contribution >= 4 is 47.6 Å². The van der Waals surface area contributed by atoms with Crippen LogP contribution < -0.4 is 31.3 Å². The molecular formula is C35H50N6O15. The third-order valence-corrected chi connectivity index (χ3v) is 8.66. The van der Waals surface area contributed by atoms with Gasteiger partial charge in [-0.1, -0.05) is 6.07 Å². The zero-order valence-corrected chi connectivity index (χ0v) is 30.9. The second-order valence-corrected chi connectivity index (χ2v) is 12.8. The Labute approximate surface area is 323 Å². The minimum absolute atomic E-state index is 0.0591. The SMILES string of the molecule is [2H]C(=O)OCc1ccc(O[C@@H]2O[C@H](C(=O)O)[C@@H](O)[C@H](O)[C@H]2O)c(NC(=O)CCNC(=O)C(CCCCNC(=O)CCOC)NCC(CNC)N2C(=O)C=CC2=O)c1. The maximum Gasteiger partial charge on any atom is 0.335 e. The van der Waals surface area contributed by atoms with Crippen LogP contribution in [0.5, 0.6) is 5.75 Å². The number of aliphatic carboxylic acids is 1. The van der Waals surface area contributed by atoms with Crippen molar-refractivity contribution in [2.75, 3.05) is 52.3 Å². The maximum atomic E-state index is 13.4. The number of anilines is 1. The minimum Gasteiger partial charge on any atom is -0.479 e. The van der Waals surface area contributed by atoms with Crippen molar-refractivity contribution < 1.29 is 74.3 Å². The van der Waals surface area contributed by atoms with E-state index in [0.717, 1.165) is 17.1 Å². The van der Waals surface area contributed by atoms with Crippen LogP contribution in [-0.4, -0.2) is 157 Å². The lowest BCUT2D eigenvalue weighted by molar-refractivity contribution is -0.271. The van der Waals surface area contributed by atoms with Crippen molar-refractivity contribution in [3.8, 4) is 5.75 Å². The summed E-state index contributed by atoms with van der Waals surface area (Å²) in [5, 5.41) is 54.1. The summed E-state index contributed by atoms with van der Waals surface area (Å²) in [5.41, 5.74) is 0.196. The maximum absolute atomic E-state index is 13.4. The number of carboxylic acid groups (broad SMARTS) is 1. The highest BCUT2D eigenvalue weighted by Crippen LogP contribution is 2.31. The van der Waals surface area contributed by atoms with Crippen molar-refractivity contribution in [2.24, 2.45) is 0 Å². The second-order valence-electron chi connectivity index (χ2n) is 12.8. The zero-order valence-electron chi connectivity index (χ0n) is 31.9. The average Bonchev–Trinajstić information content (AvgIpc) is 3.50. The highest BCUT2D eigenvalue weighted by atomic mass is 16.7. The molecule has 0 spiro atoms. The summed E-state index contributed by atoms with van der Waals surface area (Å²) >= 11 is 0. The van der Waals surface area contributed by atoms with Gasteiger partial charge in [0.05, 0.1) is 24.4 Å². The Kier molecular flexibility index (Phi) is 18.1.